The van der Waals surface area contributed by atoms with Crippen molar-refractivity contribution in [2.24, 2.45) is 0 Å². The number of furan rings is 1. The van der Waals surface area contributed by atoms with Crippen molar-refractivity contribution in [3.63, 3.8) is 0 Å². The van der Waals surface area contributed by atoms with E-state index in [1.54, 1.807) is 30.0 Å². The Morgan fingerprint density at radius 1 is 1.21 bits per heavy atom. The third-order valence-electron chi connectivity index (χ3n) is 3.72. The summed E-state index contributed by atoms with van der Waals surface area (Å²) in [7, 11) is 0. The largest absolute Gasteiger partial charge is 0.467 e. The molecule has 4 rings (SSSR count). The molecule has 0 fully saturated rings. The predicted molar refractivity (Wildman–Crippen MR) is 96.1 cm³/mol. The predicted octanol–water partition coefficient (Wildman–Crippen LogP) is 4.52. The Hall–Kier alpha value is -2.73. The molecule has 0 radical (unpaired) electrons. The van der Waals surface area contributed by atoms with Crippen molar-refractivity contribution in [2.75, 3.05) is 5.32 Å². The van der Waals surface area contributed by atoms with Crippen LogP contribution in [0.2, 0.25) is 0 Å². The number of pyridine rings is 1. The van der Waals surface area contributed by atoms with E-state index >= 15 is 0 Å². The lowest BCUT2D eigenvalue weighted by atomic mass is 10.2. The SMILES string of the molecule is CCc1cc2c(NCc3ccco3)nc(-c3cccnc3)nc2s1. The molecule has 0 aliphatic carbocycles. The van der Waals surface area contributed by atoms with Gasteiger partial charge in [0.05, 0.1) is 18.2 Å². The second kappa shape index (κ2) is 6.41. The van der Waals surface area contributed by atoms with Crippen molar-refractivity contribution in [3.05, 3.63) is 59.6 Å². The second-order valence-corrected chi connectivity index (χ2v) is 6.47. The number of thiophene rings is 1. The van der Waals surface area contributed by atoms with Gasteiger partial charge in [-0.2, -0.15) is 0 Å². The molecule has 0 aromatic carbocycles. The first-order valence-corrected chi connectivity index (χ1v) is 8.62. The summed E-state index contributed by atoms with van der Waals surface area (Å²) in [4.78, 5) is 15.9. The van der Waals surface area contributed by atoms with Crippen LogP contribution in [0.15, 0.2) is 53.4 Å². The molecule has 0 atom stereocenters. The molecule has 4 aromatic heterocycles. The lowest BCUT2D eigenvalue weighted by molar-refractivity contribution is 0.518. The summed E-state index contributed by atoms with van der Waals surface area (Å²) in [6.07, 6.45) is 6.19. The third-order valence-corrected chi connectivity index (χ3v) is 4.90. The van der Waals surface area contributed by atoms with Crippen LogP contribution >= 0.6 is 11.3 Å². The van der Waals surface area contributed by atoms with E-state index in [4.69, 9.17) is 14.4 Å². The molecule has 24 heavy (non-hydrogen) atoms. The second-order valence-electron chi connectivity index (χ2n) is 5.36. The molecule has 0 unspecified atom stereocenters. The molecule has 4 heterocycles. The minimum Gasteiger partial charge on any atom is -0.467 e. The van der Waals surface area contributed by atoms with Crippen LogP contribution in [0, 0.1) is 0 Å². The van der Waals surface area contributed by atoms with Crippen LogP contribution < -0.4 is 5.32 Å². The maximum atomic E-state index is 5.40. The highest BCUT2D eigenvalue weighted by atomic mass is 32.1. The molecule has 0 aliphatic heterocycles. The number of nitrogens with one attached hydrogen (secondary N) is 1. The average Bonchev–Trinajstić information content (AvgIpc) is 3.29. The van der Waals surface area contributed by atoms with E-state index in [1.165, 1.54) is 4.88 Å². The lowest BCUT2D eigenvalue weighted by Crippen LogP contribution is -2.02. The molecule has 120 valence electrons. The van der Waals surface area contributed by atoms with Gasteiger partial charge in [-0.25, -0.2) is 9.97 Å². The van der Waals surface area contributed by atoms with E-state index in [1.807, 2.05) is 24.3 Å². The fraction of sp³-hybridized carbons (Fsp3) is 0.167. The summed E-state index contributed by atoms with van der Waals surface area (Å²) < 4.78 is 5.40. The molecule has 0 spiro atoms. The molecular formula is C18H16N4OS. The highest BCUT2D eigenvalue weighted by Crippen LogP contribution is 2.31. The number of fused-ring (bicyclic) bond motifs is 1. The third kappa shape index (κ3) is 2.88. The topological polar surface area (TPSA) is 63.8 Å². The van der Waals surface area contributed by atoms with Gasteiger partial charge in [0.1, 0.15) is 16.4 Å². The van der Waals surface area contributed by atoms with E-state index in [-0.39, 0.29) is 0 Å². The standard InChI is InChI=1S/C18H16N4OS/c1-2-14-9-15-17(20-11-13-6-4-8-23-13)21-16(22-18(15)24-14)12-5-3-7-19-10-12/h3-10H,2,11H2,1H3,(H,20,21,22). The zero-order valence-corrected chi connectivity index (χ0v) is 14.0. The van der Waals surface area contributed by atoms with Crippen LogP contribution in [0.25, 0.3) is 21.6 Å². The summed E-state index contributed by atoms with van der Waals surface area (Å²) >= 11 is 1.71. The van der Waals surface area contributed by atoms with Crippen molar-refractivity contribution in [1.82, 2.24) is 15.0 Å². The van der Waals surface area contributed by atoms with Crippen LogP contribution in [-0.2, 0) is 13.0 Å². The van der Waals surface area contributed by atoms with Gasteiger partial charge in [0, 0.05) is 22.8 Å². The molecule has 4 aromatic rings. The molecular weight excluding hydrogens is 320 g/mol. The number of anilines is 1. The Kier molecular flexibility index (Phi) is 3.96. The zero-order valence-electron chi connectivity index (χ0n) is 13.2. The summed E-state index contributed by atoms with van der Waals surface area (Å²) in [5.74, 6) is 2.38. The van der Waals surface area contributed by atoms with Crippen LogP contribution in [0.3, 0.4) is 0 Å². The van der Waals surface area contributed by atoms with Crippen molar-refractivity contribution in [3.8, 4) is 11.4 Å². The summed E-state index contributed by atoms with van der Waals surface area (Å²) in [6, 6.07) is 9.85. The molecule has 0 saturated carbocycles. The fourth-order valence-corrected chi connectivity index (χ4v) is 3.46. The van der Waals surface area contributed by atoms with Crippen LogP contribution in [0.4, 0.5) is 5.82 Å². The Balaban J connectivity index is 1.78. The highest BCUT2D eigenvalue weighted by molar-refractivity contribution is 7.18. The Labute approximate surface area is 143 Å². The van der Waals surface area contributed by atoms with Crippen LogP contribution in [-0.4, -0.2) is 15.0 Å². The van der Waals surface area contributed by atoms with Gasteiger partial charge in [-0.15, -0.1) is 11.3 Å². The monoisotopic (exact) mass is 336 g/mol. The molecule has 0 aliphatic rings. The van der Waals surface area contributed by atoms with Crippen molar-refractivity contribution in [1.29, 1.82) is 0 Å². The number of hydrogen-bond acceptors (Lipinski definition) is 6. The molecule has 0 bridgehead atoms. The minimum absolute atomic E-state index is 0.586. The normalized spacial score (nSPS) is 11.0. The minimum atomic E-state index is 0.586. The molecule has 0 amide bonds. The van der Waals surface area contributed by atoms with Gasteiger partial charge < -0.3 is 9.73 Å². The van der Waals surface area contributed by atoms with Gasteiger partial charge in [-0.05, 0) is 36.8 Å². The maximum Gasteiger partial charge on any atom is 0.164 e. The van der Waals surface area contributed by atoms with Gasteiger partial charge >= 0.3 is 0 Å². The van der Waals surface area contributed by atoms with Gasteiger partial charge in [-0.1, -0.05) is 6.92 Å². The first-order valence-electron chi connectivity index (χ1n) is 7.80. The Morgan fingerprint density at radius 3 is 2.92 bits per heavy atom. The first kappa shape index (κ1) is 14.8. The maximum absolute atomic E-state index is 5.40. The fourth-order valence-electron chi connectivity index (χ4n) is 2.49. The Bertz CT molecular complexity index is 948. The summed E-state index contributed by atoms with van der Waals surface area (Å²) in [6.45, 7) is 2.74. The molecule has 5 nitrogen and oxygen atoms in total. The smallest absolute Gasteiger partial charge is 0.164 e. The van der Waals surface area contributed by atoms with Crippen molar-refractivity contribution < 1.29 is 4.42 Å². The van der Waals surface area contributed by atoms with E-state index in [0.29, 0.717) is 12.4 Å². The average molecular weight is 336 g/mol. The van der Waals surface area contributed by atoms with Gasteiger partial charge in [-0.3, -0.25) is 4.98 Å². The molecule has 6 heteroatoms. The summed E-state index contributed by atoms with van der Waals surface area (Å²) in [5, 5.41) is 4.43. The van der Waals surface area contributed by atoms with Crippen molar-refractivity contribution in [2.45, 2.75) is 19.9 Å². The number of aromatic nitrogens is 3. The van der Waals surface area contributed by atoms with E-state index in [2.05, 4.69) is 23.3 Å². The van der Waals surface area contributed by atoms with E-state index < -0.39 is 0 Å². The van der Waals surface area contributed by atoms with E-state index in [0.717, 1.165) is 33.8 Å². The first-order chi connectivity index (χ1) is 11.8. The van der Waals surface area contributed by atoms with Gasteiger partial charge in [0.2, 0.25) is 0 Å². The number of aryl methyl sites for hydroxylation is 1. The summed E-state index contributed by atoms with van der Waals surface area (Å²) in [5.41, 5.74) is 0.909. The zero-order chi connectivity index (χ0) is 16.4. The van der Waals surface area contributed by atoms with Gasteiger partial charge in [0.25, 0.3) is 0 Å². The number of hydrogen-bond donors (Lipinski definition) is 1. The van der Waals surface area contributed by atoms with E-state index in [9.17, 15) is 0 Å². The Morgan fingerprint density at radius 2 is 2.17 bits per heavy atom. The van der Waals surface area contributed by atoms with Crippen LogP contribution in [0.5, 0.6) is 0 Å². The highest BCUT2D eigenvalue weighted by Gasteiger charge is 2.13. The van der Waals surface area contributed by atoms with Crippen molar-refractivity contribution >= 4 is 27.4 Å². The number of rotatable bonds is 5. The van der Waals surface area contributed by atoms with Crippen LogP contribution in [0.1, 0.15) is 17.6 Å². The quantitative estimate of drug-likeness (QED) is 0.580. The lowest BCUT2D eigenvalue weighted by Gasteiger charge is -2.07. The number of nitrogens with zero attached hydrogens (tertiary/aromatic N) is 3. The van der Waals surface area contributed by atoms with Gasteiger partial charge in [0.15, 0.2) is 5.82 Å². The molecule has 0 saturated heterocycles. The molecule has 1 N–H and O–H groups in total.